The first-order valence-electron chi connectivity index (χ1n) is 6.64. The first-order chi connectivity index (χ1) is 10.5. The van der Waals surface area contributed by atoms with Gasteiger partial charge < -0.3 is 14.7 Å². The average molecular weight is 364 g/mol. The largest absolute Gasteiger partial charge is 0.482 e. The molecule has 1 aromatic carbocycles. The maximum absolute atomic E-state index is 12.3. The summed E-state index contributed by atoms with van der Waals surface area (Å²) >= 11 is 13.4. The molecule has 1 amide bonds. The highest BCUT2D eigenvalue weighted by atomic mass is 35.5. The second kappa shape index (κ2) is 7.94. The van der Waals surface area contributed by atoms with Gasteiger partial charge in [0.2, 0.25) is 0 Å². The highest BCUT2D eigenvalue weighted by molar-refractivity contribution is 7.99. The van der Waals surface area contributed by atoms with Gasteiger partial charge >= 0.3 is 5.97 Å². The maximum Gasteiger partial charge on any atom is 0.305 e. The lowest BCUT2D eigenvalue weighted by Crippen LogP contribution is -2.48. The zero-order chi connectivity index (χ0) is 16.1. The number of halogens is 2. The Morgan fingerprint density at radius 1 is 1.41 bits per heavy atom. The first-order valence-corrected chi connectivity index (χ1v) is 8.55. The van der Waals surface area contributed by atoms with Crippen LogP contribution in [0.15, 0.2) is 18.2 Å². The number of carbonyl (C=O) groups is 2. The zero-order valence-corrected chi connectivity index (χ0v) is 14.0. The molecule has 1 fully saturated rings. The van der Waals surface area contributed by atoms with Crippen LogP contribution in [-0.4, -0.2) is 52.6 Å². The molecule has 120 valence electrons. The lowest BCUT2D eigenvalue weighted by molar-refractivity contribution is -0.141. The number of hydrogen-bond donors (Lipinski definition) is 1. The Balaban J connectivity index is 1.96. The molecule has 0 aromatic heterocycles. The van der Waals surface area contributed by atoms with Crippen molar-refractivity contribution in [1.29, 1.82) is 0 Å². The topological polar surface area (TPSA) is 66.8 Å². The van der Waals surface area contributed by atoms with Crippen LogP contribution < -0.4 is 4.74 Å². The van der Waals surface area contributed by atoms with E-state index in [0.29, 0.717) is 28.1 Å². The molecule has 22 heavy (non-hydrogen) atoms. The molecule has 2 rings (SSSR count). The number of rotatable bonds is 5. The van der Waals surface area contributed by atoms with Crippen LogP contribution in [0, 0.1) is 0 Å². The van der Waals surface area contributed by atoms with E-state index in [1.54, 1.807) is 28.8 Å². The van der Waals surface area contributed by atoms with Crippen molar-refractivity contribution in [2.45, 2.75) is 12.5 Å². The Morgan fingerprint density at radius 2 is 2.18 bits per heavy atom. The van der Waals surface area contributed by atoms with Crippen LogP contribution in [-0.2, 0) is 9.59 Å². The molecule has 1 aromatic rings. The van der Waals surface area contributed by atoms with E-state index in [0.717, 1.165) is 5.75 Å². The number of carbonyl (C=O) groups excluding carboxylic acids is 1. The van der Waals surface area contributed by atoms with Gasteiger partial charge in [-0.25, -0.2) is 0 Å². The summed E-state index contributed by atoms with van der Waals surface area (Å²) in [5.74, 6) is 0.647. The van der Waals surface area contributed by atoms with Gasteiger partial charge in [-0.15, -0.1) is 0 Å². The number of amides is 1. The summed E-state index contributed by atoms with van der Waals surface area (Å²) < 4.78 is 5.42. The number of aliphatic carboxylic acids is 1. The van der Waals surface area contributed by atoms with Gasteiger partial charge in [-0.1, -0.05) is 23.2 Å². The molecular formula is C14H15Cl2NO4S. The van der Waals surface area contributed by atoms with Crippen LogP contribution in [0.4, 0.5) is 0 Å². The Kier molecular flexibility index (Phi) is 6.23. The predicted octanol–water partition coefficient (Wildman–Crippen LogP) is 2.79. The molecule has 8 heteroatoms. The molecule has 0 radical (unpaired) electrons. The van der Waals surface area contributed by atoms with Crippen LogP contribution >= 0.6 is 35.0 Å². The number of hydrogen-bond acceptors (Lipinski definition) is 4. The van der Waals surface area contributed by atoms with Crippen LogP contribution in [0.25, 0.3) is 0 Å². The lowest BCUT2D eigenvalue weighted by atomic mass is 10.2. The van der Waals surface area contributed by atoms with Crippen molar-refractivity contribution in [2.24, 2.45) is 0 Å². The second-order valence-corrected chi connectivity index (χ2v) is 6.77. The predicted molar refractivity (Wildman–Crippen MR) is 87.0 cm³/mol. The summed E-state index contributed by atoms with van der Waals surface area (Å²) in [6.45, 7) is 0.349. The minimum atomic E-state index is -0.910. The molecule has 0 bridgehead atoms. The van der Waals surface area contributed by atoms with Gasteiger partial charge in [0.15, 0.2) is 6.61 Å². The van der Waals surface area contributed by atoms with Gasteiger partial charge in [-0.2, -0.15) is 11.8 Å². The van der Waals surface area contributed by atoms with E-state index in [4.69, 9.17) is 33.0 Å². The number of benzene rings is 1. The molecule has 1 saturated heterocycles. The molecule has 5 nitrogen and oxygen atoms in total. The highest BCUT2D eigenvalue weighted by Gasteiger charge is 2.29. The summed E-state index contributed by atoms with van der Waals surface area (Å²) in [5.41, 5.74) is 0. The second-order valence-electron chi connectivity index (χ2n) is 4.78. The van der Waals surface area contributed by atoms with Crippen LogP contribution in [0.5, 0.6) is 5.75 Å². The van der Waals surface area contributed by atoms with E-state index in [1.807, 2.05) is 0 Å². The quantitative estimate of drug-likeness (QED) is 0.870. The fourth-order valence-corrected chi connectivity index (χ4v) is 3.69. The van der Waals surface area contributed by atoms with Gasteiger partial charge in [0.1, 0.15) is 5.75 Å². The standard InChI is InChI=1S/C14H15Cl2NO4S/c15-9-1-2-12(11(16)5-9)21-7-13(18)17-3-4-22-8-10(17)6-14(19)20/h1-2,5,10H,3-4,6-8H2,(H,19,20). The molecule has 1 unspecified atom stereocenters. The number of nitrogens with zero attached hydrogens (tertiary/aromatic N) is 1. The third-order valence-corrected chi connectivity index (χ3v) is 4.83. The lowest BCUT2D eigenvalue weighted by Gasteiger charge is -2.34. The number of carboxylic acid groups (broad SMARTS) is 1. The van der Waals surface area contributed by atoms with Crippen LogP contribution in [0.3, 0.4) is 0 Å². The van der Waals surface area contributed by atoms with E-state index >= 15 is 0 Å². The molecule has 1 N–H and O–H groups in total. The van der Waals surface area contributed by atoms with Crippen molar-refractivity contribution in [3.05, 3.63) is 28.2 Å². The summed E-state index contributed by atoms with van der Waals surface area (Å²) in [6, 6.07) is 4.46. The number of ether oxygens (including phenoxy) is 1. The van der Waals surface area contributed by atoms with E-state index in [9.17, 15) is 9.59 Å². The van der Waals surface area contributed by atoms with Gasteiger partial charge in [0.25, 0.3) is 5.91 Å². The third kappa shape index (κ3) is 4.69. The average Bonchev–Trinajstić information content (AvgIpc) is 2.46. The van der Waals surface area contributed by atoms with Crippen molar-refractivity contribution in [1.82, 2.24) is 4.90 Å². The van der Waals surface area contributed by atoms with Gasteiger partial charge in [-0.3, -0.25) is 9.59 Å². The molecular weight excluding hydrogens is 349 g/mol. The molecule has 1 aliphatic heterocycles. The smallest absolute Gasteiger partial charge is 0.305 e. The molecule has 0 aliphatic carbocycles. The minimum absolute atomic E-state index is 0.0551. The fourth-order valence-electron chi connectivity index (χ4n) is 2.17. The summed E-state index contributed by atoms with van der Waals surface area (Å²) in [6.07, 6.45) is -0.0551. The Morgan fingerprint density at radius 3 is 2.86 bits per heavy atom. The SMILES string of the molecule is O=C(O)CC1CSCCN1C(=O)COc1ccc(Cl)cc1Cl. The van der Waals surface area contributed by atoms with E-state index in [1.165, 1.54) is 6.07 Å². The Hall–Kier alpha value is -1.11. The monoisotopic (exact) mass is 363 g/mol. The molecule has 1 aliphatic rings. The molecule has 0 spiro atoms. The van der Waals surface area contributed by atoms with E-state index in [-0.39, 0.29) is 25.0 Å². The van der Waals surface area contributed by atoms with Crippen LogP contribution in [0.2, 0.25) is 10.0 Å². The molecule has 0 saturated carbocycles. The molecule has 1 heterocycles. The van der Waals surface area contributed by atoms with Crippen molar-refractivity contribution in [2.75, 3.05) is 24.7 Å². The maximum atomic E-state index is 12.3. The number of carboxylic acids is 1. The van der Waals surface area contributed by atoms with Gasteiger partial charge in [0.05, 0.1) is 17.5 Å². The fraction of sp³-hybridized carbons (Fsp3) is 0.429. The normalized spacial score (nSPS) is 18.1. The minimum Gasteiger partial charge on any atom is -0.482 e. The zero-order valence-electron chi connectivity index (χ0n) is 11.6. The third-order valence-electron chi connectivity index (χ3n) is 3.20. The van der Waals surface area contributed by atoms with Crippen molar-refractivity contribution in [3.8, 4) is 5.75 Å². The van der Waals surface area contributed by atoms with Crippen LogP contribution in [0.1, 0.15) is 6.42 Å². The van der Waals surface area contributed by atoms with Crippen molar-refractivity contribution < 1.29 is 19.4 Å². The van der Waals surface area contributed by atoms with E-state index in [2.05, 4.69) is 0 Å². The number of thioether (sulfide) groups is 1. The van der Waals surface area contributed by atoms with E-state index < -0.39 is 5.97 Å². The van der Waals surface area contributed by atoms with Crippen molar-refractivity contribution in [3.63, 3.8) is 0 Å². The molecule has 1 atom stereocenters. The Labute approximate surface area is 142 Å². The van der Waals surface area contributed by atoms with Crippen molar-refractivity contribution >= 4 is 46.8 Å². The first kappa shape index (κ1) is 17.2. The Bertz CT molecular complexity index is 570. The van der Waals surface area contributed by atoms with Gasteiger partial charge in [-0.05, 0) is 18.2 Å². The summed E-state index contributed by atoms with van der Waals surface area (Å²) in [5, 5.41) is 9.74. The summed E-state index contributed by atoms with van der Waals surface area (Å²) in [7, 11) is 0. The summed E-state index contributed by atoms with van der Waals surface area (Å²) in [4.78, 5) is 24.7. The van der Waals surface area contributed by atoms with Gasteiger partial charge in [0, 0.05) is 23.1 Å². The highest BCUT2D eigenvalue weighted by Crippen LogP contribution is 2.27.